The molecule has 0 aliphatic heterocycles. The largest absolute Gasteiger partial charge is 0.491 e. The summed E-state index contributed by atoms with van der Waals surface area (Å²) in [6.07, 6.45) is 0.602. The molecule has 0 fully saturated rings. The Morgan fingerprint density at radius 2 is 2.35 bits per heavy atom. The van der Waals surface area contributed by atoms with E-state index in [-0.39, 0.29) is 24.2 Å². The van der Waals surface area contributed by atoms with Crippen molar-refractivity contribution in [1.82, 2.24) is 5.43 Å². The molecule has 0 heterocycles. The fraction of sp³-hybridized carbons (Fsp3) is 0.364. The minimum Gasteiger partial charge on any atom is -0.491 e. The van der Waals surface area contributed by atoms with Gasteiger partial charge < -0.3 is 4.74 Å². The molecular formula is C11H14BrFN2O2. The van der Waals surface area contributed by atoms with Crippen molar-refractivity contribution in [3.8, 4) is 5.75 Å². The monoisotopic (exact) mass is 304 g/mol. The van der Waals surface area contributed by atoms with Crippen LogP contribution in [-0.4, -0.2) is 12.0 Å². The summed E-state index contributed by atoms with van der Waals surface area (Å²) in [7, 11) is 0. The molecule has 17 heavy (non-hydrogen) atoms. The lowest BCUT2D eigenvalue weighted by Crippen LogP contribution is -2.30. The van der Waals surface area contributed by atoms with Crippen LogP contribution in [0.1, 0.15) is 19.8 Å². The van der Waals surface area contributed by atoms with Crippen LogP contribution in [0.15, 0.2) is 22.7 Å². The lowest BCUT2D eigenvalue weighted by Gasteiger charge is -2.14. The van der Waals surface area contributed by atoms with Crippen LogP contribution in [0.5, 0.6) is 5.75 Å². The molecule has 1 rings (SSSR count). The van der Waals surface area contributed by atoms with E-state index in [0.717, 1.165) is 0 Å². The van der Waals surface area contributed by atoms with E-state index in [1.54, 1.807) is 12.1 Å². The molecular weight excluding hydrogens is 291 g/mol. The summed E-state index contributed by atoms with van der Waals surface area (Å²) in [6.45, 7) is 1.81. The van der Waals surface area contributed by atoms with Gasteiger partial charge in [0.2, 0.25) is 5.91 Å². The molecule has 94 valence electrons. The first-order chi connectivity index (χ1) is 8.02. The second-order valence-corrected chi connectivity index (χ2v) is 4.46. The molecule has 1 amide bonds. The minimum atomic E-state index is -0.380. The second-order valence-electron chi connectivity index (χ2n) is 3.61. The molecule has 0 aromatic heterocycles. The molecule has 0 saturated heterocycles. The van der Waals surface area contributed by atoms with Crippen molar-refractivity contribution in [1.29, 1.82) is 0 Å². The molecule has 0 spiro atoms. The Bertz CT molecular complexity index is 401. The molecule has 1 aromatic carbocycles. The van der Waals surface area contributed by atoms with Crippen molar-refractivity contribution in [3.63, 3.8) is 0 Å². The molecule has 1 atom stereocenters. The fourth-order valence-corrected chi connectivity index (χ4v) is 1.49. The highest BCUT2D eigenvalue weighted by molar-refractivity contribution is 9.10. The SMILES string of the molecule is CC(CCC(=O)NN)Oc1ccc(Br)c(F)c1. The number of carbonyl (C=O) groups is 1. The van der Waals surface area contributed by atoms with E-state index in [1.807, 2.05) is 12.3 Å². The predicted octanol–water partition coefficient (Wildman–Crippen LogP) is 2.13. The van der Waals surface area contributed by atoms with E-state index in [9.17, 15) is 9.18 Å². The Balaban J connectivity index is 2.47. The Labute approximate surface area is 107 Å². The van der Waals surface area contributed by atoms with E-state index in [1.165, 1.54) is 6.07 Å². The van der Waals surface area contributed by atoms with Gasteiger partial charge in [-0.05, 0) is 41.4 Å². The highest BCUT2D eigenvalue weighted by Gasteiger charge is 2.08. The van der Waals surface area contributed by atoms with Gasteiger partial charge in [0.15, 0.2) is 0 Å². The van der Waals surface area contributed by atoms with Crippen LogP contribution in [0.3, 0.4) is 0 Å². The van der Waals surface area contributed by atoms with Crippen LogP contribution >= 0.6 is 15.9 Å². The van der Waals surface area contributed by atoms with Crippen LogP contribution in [0.25, 0.3) is 0 Å². The first-order valence-corrected chi connectivity index (χ1v) is 5.93. The average Bonchev–Trinajstić information content (AvgIpc) is 2.31. The van der Waals surface area contributed by atoms with Crippen molar-refractivity contribution >= 4 is 21.8 Å². The van der Waals surface area contributed by atoms with E-state index in [4.69, 9.17) is 10.6 Å². The van der Waals surface area contributed by atoms with Gasteiger partial charge in [0.05, 0.1) is 10.6 Å². The zero-order valence-corrected chi connectivity index (χ0v) is 11.0. The lowest BCUT2D eigenvalue weighted by molar-refractivity contribution is -0.121. The number of hydrogen-bond donors (Lipinski definition) is 2. The van der Waals surface area contributed by atoms with Crippen molar-refractivity contribution < 1.29 is 13.9 Å². The summed E-state index contributed by atoms with van der Waals surface area (Å²) in [5.74, 6) is 4.76. The maximum absolute atomic E-state index is 13.2. The first kappa shape index (κ1) is 13.9. The van der Waals surface area contributed by atoms with Gasteiger partial charge in [-0.15, -0.1) is 0 Å². The van der Waals surface area contributed by atoms with Crippen LogP contribution in [0.4, 0.5) is 4.39 Å². The van der Waals surface area contributed by atoms with Crippen molar-refractivity contribution in [2.24, 2.45) is 5.84 Å². The molecule has 6 heteroatoms. The molecule has 0 aliphatic carbocycles. The fourth-order valence-electron chi connectivity index (χ4n) is 1.25. The second kappa shape index (κ2) is 6.56. The summed E-state index contributed by atoms with van der Waals surface area (Å²) in [6, 6.07) is 4.53. The highest BCUT2D eigenvalue weighted by atomic mass is 79.9. The summed E-state index contributed by atoms with van der Waals surface area (Å²) < 4.78 is 19.0. The predicted molar refractivity (Wildman–Crippen MR) is 65.8 cm³/mol. The van der Waals surface area contributed by atoms with Gasteiger partial charge in [-0.1, -0.05) is 0 Å². The molecule has 3 N–H and O–H groups in total. The van der Waals surface area contributed by atoms with Gasteiger partial charge in [0.25, 0.3) is 0 Å². The quantitative estimate of drug-likeness (QED) is 0.497. The number of hydrogen-bond acceptors (Lipinski definition) is 3. The zero-order valence-electron chi connectivity index (χ0n) is 9.37. The summed E-state index contributed by atoms with van der Waals surface area (Å²) >= 11 is 3.06. The minimum absolute atomic E-state index is 0.187. The number of benzene rings is 1. The molecule has 0 saturated carbocycles. The Hall–Kier alpha value is -1.14. The van der Waals surface area contributed by atoms with Crippen LogP contribution < -0.4 is 16.0 Å². The number of rotatable bonds is 5. The van der Waals surface area contributed by atoms with Crippen molar-refractivity contribution in [2.75, 3.05) is 0 Å². The van der Waals surface area contributed by atoms with Gasteiger partial charge in [-0.25, -0.2) is 10.2 Å². The number of ether oxygens (including phenoxy) is 1. The van der Waals surface area contributed by atoms with Gasteiger partial charge >= 0.3 is 0 Å². The number of hydrazine groups is 1. The van der Waals surface area contributed by atoms with E-state index in [2.05, 4.69) is 15.9 Å². The average molecular weight is 305 g/mol. The molecule has 0 radical (unpaired) electrons. The van der Waals surface area contributed by atoms with Crippen molar-refractivity contribution in [3.05, 3.63) is 28.5 Å². The molecule has 1 unspecified atom stereocenters. The third-order valence-electron chi connectivity index (χ3n) is 2.17. The topological polar surface area (TPSA) is 64.4 Å². The standard InChI is InChI=1S/C11H14BrFN2O2/c1-7(2-5-11(16)15-14)17-8-3-4-9(12)10(13)6-8/h3-4,6-7H,2,5,14H2,1H3,(H,15,16). The lowest BCUT2D eigenvalue weighted by atomic mass is 10.2. The molecule has 0 bridgehead atoms. The molecule has 1 aromatic rings. The van der Waals surface area contributed by atoms with Crippen LogP contribution in [0, 0.1) is 5.82 Å². The highest BCUT2D eigenvalue weighted by Crippen LogP contribution is 2.22. The maximum Gasteiger partial charge on any atom is 0.234 e. The summed E-state index contributed by atoms with van der Waals surface area (Å²) in [4.78, 5) is 10.9. The third kappa shape index (κ3) is 4.70. The number of halogens is 2. The van der Waals surface area contributed by atoms with Crippen LogP contribution in [0.2, 0.25) is 0 Å². The normalized spacial score (nSPS) is 12.0. The number of amides is 1. The van der Waals surface area contributed by atoms with E-state index < -0.39 is 0 Å². The van der Waals surface area contributed by atoms with Gasteiger partial charge in [-0.3, -0.25) is 10.2 Å². The Kier molecular flexibility index (Phi) is 5.37. The molecule has 0 aliphatic rings. The number of nitrogens with two attached hydrogens (primary N) is 1. The molecule has 4 nitrogen and oxygen atoms in total. The third-order valence-corrected chi connectivity index (χ3v) is 2.81. The number of nitrogens with one attached hydrogen (secondary N) is 1. The van der Waals surface area contributed by atoms with E-state index >= 15 is 0 Å². The summed E-state index contributed by atoms with van der Waals surface area (Å²) in [5.41, 5.74) is 2.04. The zero-order chi connectivity index (χ0) is 12.8. The van der Waals surface area contributed by atoms with Gasteiger partial charge in [0.1, 0.15) is 11.6 Å². The smallest absolute Gasteiger partial charge is 0.234 e. The maximum atomic E-state index is 13.2. The van der Waals surface area contributed by atoms with Gasteiger partial charge in [-0.2, -0.15) is 0 Å². The number of carbonyl (C=O) groups excluding carboxylic acids is 1. The van der Waals surface area contributed by atoms with E-state index in [0.29, 0.717) is 16.6 Å². The van der Waals surface area contributed by atoms with Crippen molar-refractivity contribution in [2.45, 2.75) is 25.9 Å². The van der Waals surface area contributed by atoms with Crippen LogP contribution in [-0.2, 0) is 4.79 Å². The Morgan fingerprint density at radius 1 is 1.65 bits per heavy atom. The van der Waals surface area contributed by atoms with Gasteiger partial charge in [0, 0.05) is 12.5 Å². The Morgan fingerprint density at radius 3 is 2.94 bits per heavy atom. The summed E-state index contributed by atoms with van der Waals surface area (Å²) in [5, 5.41) is 0. The first-order valence-electron chi connectivity index (χ1n) is 5.14.